The monoisotopic (exact) mass is 348 g/mol. The van der Waals surface area contributed by atoms with E-state index < -0.39 is 0 Å². The second kappa shape index (κ2) is 6.72. The first kappa shape index (κ1) is 15.5. The largest absolute Gasteiger partial charge is 0.345 e. The van der Waals surface area contributed by atoms with Crippen molar-refractivity contribution in [3.05, 3.63) is 68.5 Å². The molecular formula is C16H17BrN2O2. The number of aryl methyl sites for hydroxylation is 1. The van der Waals surface area contributed by atoms with Gasteiger partial charge in [0.1, 0.15) is 0 Å². The highest BCUT2D eigenvalue weighted by molar-refractivity contribution is 9.10. The van der Waals surface area contributed by atoms with Crippen LogP contribution in [0.5, 0.6) is 0 Å². The van der Waals surface area contributed by atoms with Gasteiger partial charge < -0.3 is 9.88 Å². The topological polar surface area (TPSA) is 51.1 Å². The summed E-state index contributed by atoms with van der Waals surface area (Å²) in [7, 11) is 1.65. The molecule has 1 N–H and O–H groups in total. The lowest BCUT2D eigenvalue weighted by atomic mass is 10.0. The van der Waals surface area contributed by atoms with Crippen molar-refractivity contribution in [2.24, 2.45) is 7.05 Å². The zero-order valence-electron chi connectivity index (χ0n) is 12.0. The minimum absolute atomic E-state index is 0.0744. The summed E-state index contributed by atoms with van der Waals surface area (Å²) in [6, 6.07) is 10.8. The van der Waals surface area contributed by atoms with Gasteiger partial charge in [-0.3, -0.25) is 9.59 Å². The third kappa shape index (κ3) is 3.82. The van der Waals surface area contributed by atoms with E-state index in [9.17, 15) is 9.59 Å². The molecule has 0 bridgehead atoms. The highest BCUT2D eigenvalue weighted by atomic mass is 79.9. The molecule has 21 heavy (non-hydrogen) atoms. The molecule has 5 heteroatoms. The lowest BCUT2D eigenvalue weighted by Crippen LogP contribution is -2.29. The first-order valence-electron chi connectivity index (χ1n) is 6.74. The van der Waals surface area contributed by atoms with Crippen LogP contribution in [0.3, 0.4) is 0 Å². The number of hydrogen-bond donors (Lipinski definition) is 1. The zero-order valence-corrected chi connectivity index (χ0v) is 13.6. The molecule has 4 nitrogen and oxygen atoms in total. The number of carbonyl (C=O) groups excluding carboxylic acids is 1. The lowest BCUT2D eigenvalue weighted by Gasteiger charge is -2.17. The Balaban J connectivity index is 2.17. The second-order valence-corrected chi connectivity index (χ2v) is 5.77. The molecule has 0 saturated heterocycles. The Morgan fingerprint density at radius 1 is 1.29 bits per heavy atom. The summed E-state index contributed by atoms with van der Waals surface area (Å²) < 4.78 is 2.43. The van der Waals surface area contributed by atoms with Gasteiger partial charge in [-0.1, -0.05) is 35.0 Å². The van der Waals surface area contributed by atoms with Crippen LogP contribution in [-0.2, 0) is 7.05 Å². The van der Waals surface area contributed by atoms with E-state index in [2.05, 4.69) is 21.2 Å². The predicted molar refractivity (Wildman–Crippen MR) is 86.3 cm³/mol. The Bertz CT molecular complexity index is 692. The Kier molecular flexibility index (Phi) is 4.96. The molecule has 0 aliphatic heterocycles. The molecule has 1 amide bonds. The molecule has 0 fully saturated rings. The van der Waals surface area contributed by atoms with E-state index in [1.54, 1.807) is 19.3 Å². The maximum Gasteiger partial charge on any atom is 0.252 e. The van der Waals surface area contributed by atoms with Crippen molar-refractivity contribution < 1.29 is 4.79 Å². The lowest BCUT2D eigenvalue weighted by molar-refractivity contribution is 0.0935. The molecule has 1 atom stereocenters. The van der Waals surface area contributed by atoms with Gasteiger partial charge in [0.2, 0.25) is 0 Å². The molecule has 0 radical (unpaired) electrons. The molecule has 0 saturated carbocycles. The average molecular weight is 349 g/mol. The van der Waals surface area contributed by atoms with Crippen LogP contribution in [0.1, 0.15) is 35.3 Å². The normalized spacial score (nSPS) is 12.0. The van der Waals surface area contributed by atoms with Crippen LogP contribution in [0.2, 0.25) is 0 Å². The standard InChI is InChI=1S/C16H17BrN2O2/c1-3-14(11-4-6-13(17)7-5-11)18-16(21)12-8-9-19(2)15(20)10-12/h4-10,14H,3H2,1-2H3,(H,18,21). The molecule has 1 heterocycles. The molecule has 1 aromatic heterocycles. The van der Waals surface area contributed by atoms with Gasteiger partial charge in [0, 0.05) is 29.3 Å². The average Bonchev–Trinajstić information content (AvgIpc) is 2.48. The minimum Gasteiger partial charge on any atom is -0.345 e. The first-order valence-corrected chi connectivity index (χ1v) is 7.53. The Morgan fingerprint density at radius 2 is 1.95 bits per heavy atom. The number of amides is 1. The van der Waals surface area contributed by atoms with E-state index in [0.717, 1.165) is 16.5 Å². The minimum atomic E-state index is -0.234. The van der Waals surface area contributed by atoms with Gasteiger partial charge in [0.25, 0.3) is 11.5 Å². The molecule has 0 spiro atoms. The fourth-order valence-electron chi connectivity index (χ4n) is 2.05. The Morgan fingerprint density at radius 3 is 2.52 bits per heavy atom. The van der Waals surface area contributed by atoms with E-state index in [0.29, 0.717) is 5.56 Å². The van der Waals surface area contributed by atoms with E-state index in [-0.39, 0.29) is 17.5 Å². The number of nitrogens with one attached hydrogen (secondary N) is 1. The van der Waals surface area contributed by atoms with E-state index in [1.165, 1.54) is 10.6 Å². The zero-order chi connectivity index (χ0) is 15.4. The second-order valence-electron chi connectivity index (χ2n) is 4.85. The van der Waals surface area contributed by atoms with Crippen molar-refractivity contribution in [2.75, 3.05) is 0 Å². The number of benzene rings is 1. The summed E-state index contributed by atoms with van der Waals surface area (Å²) in [6.07, 6.45) is 2.37. The first-order chi connectivity index (χ1) is 10.0. The highest BCUT2D eigenvalue weighted by Crippen LogP contribution is 2.19. The van der Waals surface area contributed by atoms with Crippen LogP contribution in [0.25, 0.3) is 0 Å². The quantitative estimate of drug-likeness (QED) is 0.923. The third-order valence-electron chi connectivity index (χ3n) is 3.35. The van der Waals surface area contributed by atoms with Gasteiger partial charge in [0.15, 0.2) is 0 Å². The molecule has 1 unspecified atom stereocenters. The van der Waals surface area contributed by atoms with Crippen LogP contribution < -0.4 is 10.9 Å². The number of aromatic nitrogens is 1. The molecule has 0 aliphatic rings. The molecule has 110 valence electrons. The van der Waals surface area contributed by atoms with Crippen LogP contribution in [0.4, 0.5) is 0 Å². The highest BCUT2D eigenvalue weighted by Gasteiger charge is 2.14. The van der Waals surface area contributed by atoms with Crippen molar-refractivity contribution in [1.29, 1.82) is 0 Å². The summed E-state index contributed by atoms with van der Waals surface area (Å²) in [5.41, 5.74) is 1.23. The van der Waals surface area contributed by atoms with E-state index in [1.807, 2.05) is 31.2 Å². The van der Waals surface area contributed by atoms with Crippen LogP contribution >= 0.6 is 15.9 Å². The summed E-state index contributed by atoms with van der Waals surface area (Å²) in [4.78, 5) is 23.8. The summed E-state index contributed by atoms with van der Waals surface area (Å²) in [5, 5.41) is 2.96. The molecule has 2 rings (SSSR count). The van der Waals surface area contributed by atoms with Crippen molar-refractivity contribution in [3.63, 3.8) is 0 Å². The number of carbonyl (C=O) groups is 1. The SMILES string of the molecule is CCC(NC(=O)c1ccn(C)c(=O)c1)c1ccc(Br)cc1. The Labute approximate surface area is 131 Å². The Hall–Kier alpha value is -1.88. The van der Waals surface area contributed by atoms with Gasteiger partial charge in [-0.25, -0.2) is 0 Å². The third-order valence-corrected chi connectivity index (χ3v) is 3.88. The number of nitrogens with zero attached hydrogens (tertiary/aromatic N) is 1. The maximum absolute atomic E-state index is 12.2. The van der Waals surface area contributed by atoms with Crippen molar-refractivity contribution in [2.45, 2.75) is 19.4 Å². The molecule has 0 aliphatic carbocycles. The van der Waals surface area contributed by atoms with Crippen LogP contribution in [0, 0.1) is 0 Å². The molecule has 1 aromatic carbocycles. The molecular weight excluding hydrogens is 332 g/mol. The van der Waals surface area contributed by atoms with E-state index in [4.69, 9.17) is 0 Å². The van der Waals surface area contributed by atoms with Crippen LogP contribution in [0.15, 0.2) is 51.9 Å². The number of rotatable bonds is 4. The van der Waals surface area contributed by atoms with Gasteiger partial charge in [-0.05, 0) is 30.2 Å². The number of halogens is 1. The molecule has 2 aromatic rings. The summed E-state index contributed by atoms with van der Waals surface area (Å²) in [5.74, 6) is -0.234. The fraction of sp³-hybridized carbons (Fsp3) is 0.250. The number of pyridine rings is 1. The van der Waals surface area contributed by atoms with Gasteiger partial charge in [0.05, 0.1) is 6.04 Å². The van der Waals surface area contributed by atoms with Crippen molar-refractivity contribution in [3.8, 4) is 0 Å². The van der Waals surface area contributed by atoms with Gasteiger partial charge >= 0.3 is 0 Å². The summed E-state index contributed by atoms with van der Waals surface area (Å²) in [6.45, 7) is 2.01. The predicted octanol–water partition coefficient (Wildman–Crippen LogP) is 3.03. The van der Waals surface area contributed by atoms with Crippen LogP contribution in [-0.4, -0.2) is 10.5 Å². The van der Waals surface area contributed by atoms with Gasteiger partial charge in [-0.2, -0.15) is 0 Å². The fourth-order valence-corrected chi connectivity index (χ4v) is 2.31. The van der Waals surface area contributed by atoms with Crippen molar-refractivity contribution >= 4 is 21.8 Å². The smallest absolute Gasteiger partial charge is 0.252 e. The van der Waals surface area contributed by atoms with Crippen molar-refractivity contribution in [1.82, 2.24) is 9.88 Å². The van der Waals surface area contributed by atoms with E-state index >= 15 is 0 Å². The number of hydrogen-bond acceptors (Lipinski definition) is 2. The van der Waals surface area contributed by atoms with Gasteiger partial charge in [-0.15, -0.1) is 0 Å². The summed E-state index contributed by atoms with van der Waals surface area (Å²) >= 11 is 3.39. The maximum atomic E-state index is 12.2.